The van der Waals surface area contributed by atoms with Crippen molar-refractivity contribution in [2.45, 2.75) is 13.1 Å². The van der Waals surface area contributed by atoms with E-state index < -0.39 is 8.07 Å². The summed E-state index contributed by atoms with van der Waals surface area (Å²) in [5.41, 5.74) is 7.40. The maximum absolute atomic E-state index is 5.48. The molecule has 212 valence electrons. The number of benzene rings is 6. The highest BCUT2D eigenvalue weighted by Gasteiger charge is 2.38. The van der Waals surface area contributed by atoms with Gasteiger partial charge in [-0.05, 0) is 62.6 Å². The van der Waals surface area contributed by atoms with Crippen molar-refractivity contribution in [2.75, 3.05) is 0 Å². The van der Waals surface area contributed by atoms with Gasteiger partial charge in [0.2, 0.25) is 0 Å². The normalized spacial score (nSPS) is 13.7. The highest BCUT2D eigenvalue weighted by Crippen LogP contribution is 2.42. The van der Waals surface area contributed by atoms with Crippen LogP contribution in [0, 0.1) is 0 Å². The van der Waals surface area contributed by atoms with Gasteiger partial charge in [0.05, 0.1) is 21.4 Å². The molecule has 0 amide bonds. The molecule has 4 heterocycles. The molecule has 6 aromatic carbocycles. The summed E-state index contributed by atoms with van der Waals surface area (Å²) in [6.45, 7) is 5.03. The molecule has 0 radical (unpaired) electrons. The zero-order chi connectivity index (χ0) is 29.9. The SMILES string of the molecule is C[Si]1(C)c2ccccc2-c2ccc3cc4c(cc3c21)c1ccccc1n4-c1cc2c(sc3ccccc32)c(-c2ccccc2)n1. The van der Waals surface area contributed by atoms with Gasteiger partial charge in [-0.3, -0.25) is 4.57 Å². The number of pyridine rings is 1. The Morgan fingerprint density at radius 1 is 0.578 bits per heavy atom. The van der Waals surface area contributed by atoms with Crippen molar-refractivity contribution >= 4 is 82.5 Å². The molecule has 0 unspecified atom stereocenters. The van der Waals surface area contributed by atoms with Crippen molar-refractivity contribution in [3.8, 4) is 28.2 Å². The van der Waals surface area contributed by atoms with Crippen LogP contribution in [0.1, 0.15) is 0 Å². The minimum absolute atomic E-state index is 0.957. The van der Waals surface area contributed by atoms with E-state index in [1.807, 2.05) is 11.3 Å². The molecule has 2 nitrogen and oxygen atoms in total. The van der Waals surface area contributed by atoms with Crippen molar-refractivity contribution in [2.24, 2.45) is 0 Å². The van der Waals surface area contributed by atoms with Gasteiger partial charge in [-0.2, -0.15) is 0 Å². The molecule has 4 heteroatoms. The fourth-order valence-corrected chi connectivity index (χ4v) is 12.6. The number of rotatable bonds is 2. The molecule has 0 fully saturated rings. The third kappa shape index (κ3) is 3.41. The summed E-state index contributed by atoms with van der Waals surface area (Å²) >= 11 is 1.84. The average Bonchev–Trinajstić information content (AvgIpc) is 3.69. The van der Waals surface area contributed by atoms with Crippen molar-refractivity contribution in [3.63, 3.8) is 0 Å². The predicted octanol–water partition coefficient (Wildman–Crippen LogP) is 10.2. The fraction of sp³-hybridized carbons (Fsp3) is 0.0488. The van der Waals surface area contributed by atoms with E-state index in [0.717, 1.165) is 17.1 Å². The summed E-state index contributed by atoms with van der Waals surface area (Å²) in [6, 6.07) is 49.2. The van der Waals surface area contributed by atoms with Gasteiger partial charge in [-0.1, -0.05) is 116 Å². The van der Waals surface area contributed by atoms with Crippen molar-refractivity contribution < 1.29 is 0 Å². The van der Waals surface area contributed by atoms with E-state index in [4.69, 9.17) is 4.98 Å². The molecule has 10 rings (SSSR count). The molecule has 0 aliphatic carbocycles. The molecule has 0 spiro atoms. The van der Waals surface area contributed by atoms with Gasteiger partial charge in [0, 0.05) is 31.8 Å². The summed E-state index contributed by atoms with van der Waals surface area (Å²) in [6.07, 6.45) is 0. The van der Waals surface area contributed by atoms with Crippen LogP contribution in [0.15, 0.2) is 133 Å². The lowest BCUT2D eigenvalue weighted by Gasteiger charge is -2.21. The number of nitrogens with zero attached hydrogens (tertiary/aromatic N) is 2. The number of fused-ring (bicyclic) bond motifs is 11. The number of aromatic nitrogens is 2. The lowest BCUT2D eigenvalue weighted by molar-refractivity contribution is 1.10. The minimum Gasteiger partial charge on any atom is -0.294 e. The van der Waals surface area contributed by atoms with Crippen LogP contribution in [0.25, 0.3) is 81.0 Å². The summed E-state index contributed by atoms with van der Waals surface area (Å²) in [5.74, 6) is 0.957. The third-order valence-electron chi connectivity index (χ3n) is 9.95. The van der Waals surface area contributed by atoms with E-state index in [9.17, 15) is 0 Å². The monoisotopic (exact) mass is 608 g/mol. The molecule has 9 aromatic rings. The Balaban J connectivity index is 1.32. The van der Waals surface area contributed by atoms with E-state index in [0.29, 0.717) is 0 Å². The molecule has 0 saturated carbocycles. The molecule has 0 N–H and O–H groups in total. The highest BCUT2D eigenvalue weighted by atomic mass is 32.1. The first-order valence-electron chi connectivity index (χ1n) is 15.6. The highest BCUT2D eigenvalue weighted by molar-refractivity contribution is 7.26. The molecule has 0 atom stereocenters. The number of thiophene rings is 1. The molecule has 0 bridgehead atoms. The third-order valence-corrected chi connectivity index (χ3v) is 14.7. The van der Waals surface area contributed by atoms with Crippen LogP contribution in [0.2, 0.25) is 13.1 Å². The van der Waals surface area contributed by atoms with Gasteiger partial charge in [0.15, 0.2) is 0 Å². The van der Waals surface area contributed by atoms with Crippen molar-refractivity contribution in [3.05, 3.63) is 133 Å². The maximum atomic E-state index is 5.48. The molecule has 0 saturated heterocycles. The maximum Gasteiger partial charge on any atom is 0.139 e. The van der Waals surface area contributed by atoms with E-state index in [1.165, 1.54) is 63.9 Å². The summed E-state index contributed by atoms with van der Waals surface area (Å²) in [5, 5.41) is 10.9. The van der Waals surface area contributed by atoms with Crippen LogP contribution >= 0.6 is 11.3 Å². The second-order valence-electron chi connectivity index (χ2n) is 12.8. The van der Waals surface area contributed by atoms with Gasteiger partial charge in [0.1, 0.15) is 13.9 Å². The van der Waals surface area contributed by atoms with E-state index in [1.54, 1.807) is 10.4 Å². The first-order chi connectivity index (χ1) is 22.1. The molecular weight excluding hydrogens is 581 g/mol. The van der Waals surface area contributed by atoms with Gasteiger partial charge in [-0.25, -0.2) is 4.98 Å². The Hall–Kier alpha value is -5.03. The van der Waals surface area contributed by atoms with Gasteiger partial charge < -0.3 is 0 Å². The summed E-state index contributed by atoms with van der Waals surface area (Å²) in [7, 11) is -1.87. The van der Waals surface area contributed by atoms with Crippen LogP contribution in [0.4, 0.5) is 0 Å². The second-order valence-corrected chi connectivity index (χ2v) is 18.1. The van der Waals surface area contributed by atoms with Gasteiger partial charge in [0.25, 0.3) is 0 Å². The minimum atomic E-state index is -1.87. The van der Waals surface area contributed by atoms with E-state index in [2.05, 4.69) is 151 Å². The Morgan fingerprint density at radius 3 is 2.22 bits per heavy atom. The summed E-state index contributed by atoms with van der Waals surface area (Å²) in [4.78, 5) is 5.48. The van der Waals surface area contributed by atoms with Crippen LogP contribution in [0.3, 0.4) is 0 Å². The standard InChI is InChI=1S/C41H28N2SSi/c1-45(2)37-19-11-8-16-29(37)30-21-20-26-22-35-32(23-31(26)41(30)45)27-14-6-9-17-34(27)43(35)38-24-33-28-15-7-10-18-36(28)44-40(33)39(42-38)25-12-4-3-5-13-25/h3-24H,1-2H3. The molecule has 1 aliphatic heterocycles. The number of hydrogen-bond acceptors (Lipinski definition) is 2. The predicted molar refractivity (Wildman–Crippen MR) is 197 cm³/mol. The van der Waals surface area contributed by atoms with Crippen LogP contribution in [-0.2, 0) is 0 Å². The number of para-hydroxylation sites is 1. The second kappa shape index (κ2) is 9.01. The lowest BCUT2D eigenvalue weighted by atomic mass is 9.99. The van der Waals surface area contributed by atoms with Gasteiger partial charge in [-0.15, -0.1) is 11.3 Å². The molecular formula is C41H28N2SSi. The Labute approximate surface area is 265 Å². The van der Waals surface area contributed by atoms with E-state index in [-0.39, 0.29) is 0 Å². The molecule has 3 aromatic heterocycles. The quantitative estimate of drug-likeness (QED) is 0.179. The average molecular weight is 609 g/mol. The summed E-state index contributed by atoms with van der Waals surface area (Å²) < 4.78 is 4.92. The van der Waals surface area contributed by atoms with Crippen molar-refractivity contribution in [1.82, 2.24) is 9.55 Å². The lowest BCUT2D eigenvalue weighted by Crippen LogP contribution is -2.49. The first kappa shape index (κ1) is 25.3. The van der Waals surface area contributed by atoms with E-state index >= 15 is 0 Å². The Bertz CT molecular complexity index is 2680. The van der Waals surface area contributed by atoms with Crippen LogP contribution < -0.4 is 10.4 Å². The largest absolute Gasteiger partial charge is 0.294 e. The van der Waals surface area contributed by atoms with Crippen molar-refractivity contribution in [1.29, 1.82) is 0 Å². The zero-order valence-electron chi connectivity index (χ0n) is 25.0. The topological polar surface area (TPSA) is 17.8 Å². The van der Waals surface area contributed by atoms with Gasteiger partial charge >= 0.3 is 0 Å². The van der Waals surface area contributed by atoms with Crippen LogP contribution in [0.5, 0.6) is 0 Å². The fourth-order valence-electron chi connectivity index (χ4n) is 7.95. The smallest absolute Gasteiger partial charge is 0.139 e. The Morgan fingerprint density at radius 2 is 1.33 bits per heavy atom. The van der Waals surface area contributed by atoms with Crippen LogP contribution in [-0.4, -0.2) is 17.6 Å². The molecule has 1 aliphatic rings. The Kier molecular flexibility index (Phi) is 5.07. The molecule has 45 heavy (non-hydrogen) atoms. The number of hydrogen-bond donors (Lipinski definition) is 0. The zero-order valence-corrected chi connectivity index (χ0v) is 26.8. The first-order valence-corrected chi connectivity index (χ1v) is 19.4.